The number of benzene rings is 1. The van der Waals surface area contributed by atoms with Crippen LogP contribution in [0.5, 0.6) is 0 Å². The Hall–Kier alpha value is -1.66. The van der Waals surface area contributed by atoms with E-state index in [4.69, 9.17) is 23.8 Å². The number of carbonyl (C=O) groups excluding carboxylic acids is 1. The second-order valence-electron chi connectivity index (χ2n) is 2.91. The van der Waals surface area contributed by atoms with E-state index in [0.29, 0.717) is 29.2 Å². The maximum absolute atomic E-state index is 11.6. The number of amides is 1. The fraction of sp³-hybridized carbons (Fsp3) is 0.182. The highest BCUT2D eigenvalue weighted by molar-refractivity contribution is 6.34. The number of nitrogen functional groups attached to an aromatic ring is 1. The highest BCUT2D eigenvalue weighted by Gasteiger charge is 2.12. The Morgan fingerprint density at radius 1 is 1.60 bits per heavy atom. The molecule has 3 N–H and O–H groups in total. The molecule has 0 atom stereocenters. The molecule has 3 nitrogen and oxygen atoms in total. The summed E-state index contributed by atoms with van der Waals surface area (Å²) in [6.45, 7) is 0.417. The van der Waals surface area contributed by atoms with Gasteiger partial charge in [-0.3, -0.25) is 4.79 Å². The van der Waals surface area contributed by atoms with Gasteiger partial charge in [-0.05, 0) is 12.1 Å². The number of anilines is 1. The zero-order valence-electron chi connectivity index (χ0n) is 8.09. The number of nitrogens with one attached hydrogen (secondary N) is 1. The molecule has 1 aromatic carbocycles. The van der Waals surface area contributed by atoms with Crippen LogP contribution in [0.2, 0.25) is 5.02 Å². The normalized spacial score (nSPS) is 9.33. The van der Waals surface area contributed by atoms with Crippen molar-refractivity contribution in [3.05, 3.63) is 28.8 Å². The first kappa shape index (κ1) is 11.4. The molecule has 0 aliphatic rings. The molecule has 1 aromatic rings. The predicted octanol–water partition coefficient (Wildman–Crippen LogP) is 1.68. The quantitative estimate of drug-likeness (QED) is 0.465. The van der Waals surface area contributed by atoms with Gasteiger partial charge in [-0.15, -0.1) is 12.3 Å². The smallest absolute Gasteiger partial charge is 0.254 e. The van der Waals surface area contributed by atoms with E-state index in [0.717, 1.165) is 0 Å². The Balaban J connectivity index is 2.78. The molecule has 0 aliphatic carbocycles. The van der Waals surface area contributed by atoms with Crippen molar-refractivity contribution in [2.45, 2.75) is 6.42 Å². The average Bonchev–Trinajstić information content (AvgIpc) is 2.18. The van der Waals surface area contributed by atoms with Gasteiger partial charge in [-0.25, -0.2) is 0 Å². The molecular weight excluding hydrogens is 212 g/mol. The van der Waals surface area contributed by atoms with Gasteiger partial charge in [0.1, 0.15) is 0 Å². The predicted molar refractivity (Wildman–Crippen MR) is 61.6 cm³/mol. The van der Waals surface area contributed by atoms with Gasteiger partial charge < -0.3 is 11.1 Å². The van der Waals surface area contributed by atoms with E-state index in [1.54, 1.807) is 18.2 Å². The molecule has 1 amide bonds. The molecule has 0 aliphatic heterocycles. The lowest BCUT2D eigenvalue weighted by atomic mass is 10.1. The van der Waals surface area contributed by atoms with Gasteiger partial charge in [-0.1, -0.05) is 17.7 Å². The van der Waals surface area contributed by atoms with Crippen LogP contribution in [0.15, 0.2) is 18.2 Å². The van der Waals surface area contributed by atoms with E-state index < -0.39 is 0 Å². The van der Waals surface area contributed by atoms with E-state index >= 15 is 0 Å². The lowest BCUT2D eigenvalue weighted by Crippen LogP contribution is -2.25. The van der Waals surface area contributed by atoms with E-state index in [1.807, 2.05) is 0 Å². The van der Waals surface area contributed by atoms with Crippen molar-refractivity contribution in [1.82, 2.24) is 5.32 Å². The van der Waals surface area contributed by atoms with Gasteiger partial charge in [0, 0.05) is 18.7 Å². The van der Waals surface area contributed by atoms with Gasteiger partial charge in [-0.2, -0.15) is 0 Å². The topological polar surface area (TPSA) is 55.1 Å². The van der Waals surface area contributed by atoms with Crippen LogP contribution >= 0.6 is 11.6 Å². The van der Waals surface area contributed by atoms with Crippen molar-refractivity contribution in [1.29, 1.82) is 0 Å². The number of carbonyl (C=O) groups is 1. The van der Waals surface area contributed by atoms with E-state index in [9.17, 15) is 4.79 Å². The number of hydrogen-bond acceptors (Lipinski definition) is 2. The largest absolute Gasteiger partial charge is 0.398 e. The van der Waals surface area contributed by atoms with Crippen LogP contribution in [0.25, 0.3) is 0 Å². The van der Waals surface area contributed by atoms with Crippen molar-refractivity contribution in [2.75, 3.05) is 12.3 Å². The minimum Gasteiger partial charge on any atom is -0.398 e. The summed E-state index contributed by atoms with van der Waals surface area (Å²) >= 11 is 5.86. The van der Waals surface area contributed by atoms with E-state index in [-0.39, 0.29) is 5.91 Å². The molecule has 78 valence electrons. The first-order chi connectivity index (χ1) is 7.16. The second kappa shape index (κ2) is 5.28. The zero-order chi connectivity index (χ0) is 11.3. The molecule has 0 radical (unpaired) electrons. The molecule has 4 heteroatoms. The molecule has 0 spiro atoms. The van der Waals surface area contributed by atoms with Crippen LogP contribution in [0.4, 0.5) is 5.69 Å². The molecule has 0 saturated carbocycles. The van der Waals surface area contributed by atoms with Crippen molar-refractivity contribution >= 4 is 23.2 Å². The number of rotatable bonds is 3. The molecule has 0 bridgehead atoms. The lowest BCUT2D eigenvalue weighted by Gasteiger charge is -2.07. The van der Waals surface area contributed by atoms with Gasteiger partial charge in [0.25, 0.3) is 5.91 Å². The zero-order valence-corrected chi connectivity index (χ0v) is 8.84. The summed E-state index contributed by atoms with van der Waals surface area (Å²) in [4.78, 5) is 11.6. The lowest BCUT2D eigenvalue weighted by molar-refractivity contribution is 0.0955. The molecular formula is C11H11ClN2O. The van der Waals surface area contributed by atoms with Crippen LogP contribution in [0, 0.1) is 12.3 Å². The molecule has 0 saturated heterocycles. The second-order valence-corrected chi connectivity index (χ2v) is 3.32. The van der Waals surface area contributed by atoms with Gasteiger partial charge in [0.15, 0.2) is 0 Å². The van der Waals surface area contributed by atoms with Crippen molar-refractivity contribution in [3.63, 3.8) is 0 Å². The Labute approximate surface area is 93.6 Å². The van der Waals surface area contributed by atoms with Crippen LogP contribution < -0.4 is 11.1 Å². The van der Waals surface area contributed by atoms with Gasteiger partial charge in [0.2, 0.25) is 0 Å². The van der Waals surface area contributed by atoms with Crippen LogP contribution in [-0.2, 0) is 0 Å². The number of halogens is 1. The SMILES string of the molecule is C#CCCNC(=O)c1c(N)cccc1Cl. The standard InChI is InChI=1S/C11H11ClN2O/c1-2-3-7-14-11(15)10-8(12)5-4-6-9(10)13/h1,4-6H,3,7,13H2,(H,14,15). The van der Waals surface area contributed by atoms with E-state index in [1.165, 1.54) is 0 Å². The summed E-state index contributed by atoms with van der Waals surface area (Å²) in [5.74, 6) is 2.13. The summed E-state index contributed by atoms with van der Waals surface area (Å²) in [5, 5.41) is 2.98. The number of hydrogen-bond donors (Lipinski definition) is 2. The first-order valence-corrected chi connectivity index (χ1v) is 4.80. The summed E-state index contributed by atoms with van der Waals surface area (Å²) in [6.07, 6.45) is 5.54. The van der Waals surface area contributed by atoms with Crippen LogP contribution in [0.1, 0.15) is 16.8 Å². The molecule has 0 unspecified atom stereocenters. The minimum atomic E-state index is -0.298. The van der Waals surface area contributed by atoms with Crippen molar-refractivity contribution < 1.29 is 4.79 Å². The third kappa shape index (κ3) is 2.90. The van der Waals surface area contributed by atoms with Gasteiger partial charge in [0.05, 0.1) is 10.6 Å². The van der Waals surface area contributed by atoms with Crippen LogP contribution in [0.3, 0.4) is 0 Å². The fourth-order valence-electron chi connectivity index (χ4n) is 1.12. The van der Waals surface area contributed by atoms with Gasteiger partial charge >= 0.3 is 0 Å². The third-order valence-electron chi connectivity index (χ3n) is 1.83. The monoisotopic (exact) mass is 222 g/mol. The van der Waals surface area contributed by atoms with Crippen molar-refractivity contribution in [2.24, 2.45) is 0 Å². The molecule has 0 aromatic heterocycles. The summed E-state index contributed by atoms with van der Waals surface area (Å²) < 4.78 is 0. The van der Waals surface area contributed by atoms with Crippen LogP contribution in [-0.4, -0.2) is 12.5 Å². The molecule has 15 heavy (non-hydrogen) atoms. The maximum atomic E-state index is 11.6. The average molecular weight is 223 g/mol. The summed E-state index contributed by atoms with van der Waals surface area (Å²) in [6, 6.07) is 4.94. The first-order valence-electron chi connectivity index (χ1n) is 4.42. The number of terminal acetylenes is 1. The maximum Gasteiger partial charge on any atom is 0.254 e. The Bertz CT molecular complexity index is 389. The molecule has 1 rings (SSSR count). The summed E-state index contributed by atoms with van der Waals surface area (Å²) in [5.41, 5.74) is 6.30. The van der Waals surface area contributed by atoms with E-state index in [2.05, 4.69) is 11.2 Å². The number of nitrogens with two attached hydrogens (primary N) is 1. The fourth-order valence-corrected chi connectivity index (χ4v) is 1.38. The van der Waals surface area contributed by atoms with Crippen molar-refractivity contribution in [3.8, 4) is 12.3 Å². The minimum absolute atomic E-state index is 0.298. The Morgan fingerprint density at radius 2 is 2.33 bits per heavy atom. The molecule has 0 heterocycles. The summed E-state index contributed by atoms with van der Waals surface area (Å²) in [7, 11) is 0. The highest BCUT2D eigenvalue weighted by Crippen LogP contribution is 2.21. The Kier molecular flexibility index (Phi) is 4.02. The molecule has 0 fully saturated rings. The highest BCUT2D eigenvalue weighted by atomic mass is 35.5. The Morgan fingerprint density at radius 3 is 2.93 bits per heavy atom. The third-order valence-corrected chi connectivity index (χ3v) is 2.14.